The Hall–Kier alpha value is -0.120. The molecular formula is C8H16O3. The molecule has 3 nitrogen and oxygen atoms in total. The molecule has 1 N–H and O–H groups in total. The first-order valence-corrected chi connectivity index (χ1v) is 4.23. The summed E-state index contributed by atoms with van der Waals surface area (Å²) in [5, 5.41) is 8.49. The van der Waals surface area contributed by atoms with E-state index in [0.717, 1.165) is 32.5 Å². The molecule has 0 spiro atoms. The first-order valence-electron chi connectivity index (χ1n) is 4.23. The second-order valence-corrected chi connectivity index (χ2v) is 2.76. The predicted molar refractivity (Wildman–Crippen MR) is 41.5 cm³/mol. The topological polar surface area (TPSA) is 38.7 Å². The van der Waals surface area contributed by atoms with E-state index >= 15 is 0 Å². The molecule has 0 aromatic carbocycles. The van der Waals surface area contributed by atoms with Crippen LogP contribution in [0.2, 0.25) is 0 Å². The summed E-state index contributed by atoms with van der Waals surface area (Å²) in [7, 11) is 0. The van der Waals surface area contributed by atoms with Gasteiger partial charge in [0.2, 0.25) is 0 Å². The van der Waals surface area contributed by atoms with Gasteiger partial charge in [-0.25, -0.2) is 0 Å². The van der Waals surface area contributed by atoms with Gasteiger partial charge in [-0.1, -0.05) is 0 Å². The van der Waals surface area contributed by atoms with Crippen molar-refractivity contribution in [2.75, 3.05) is 26.4 Å². The first kappa shape index (κ1) is 8.97. The Morgan fingerprint density at radius 1 is 1.36 bits per heavy atom. The molecule has 1 heterocycles. The molecule has 1 aliphatic heterocycles. The lowest BCUT2D eigenvalue weighted by atomic mass is 10.1. The lowest BCUT2D eigenvalue weighted by Crippen LogP contribution is -2.23. The standard InChI is InChI=1S/C8H16O3/c9-4-1-5-11-8-2-6-10-7-3-8/h8-9H,1-7H2. The SMILES string of the molecule is OCCCOC1CCOCC1. The molecule has 0 amide bonds. The van der Waals surface area contributed by atoms with Crippen molar-refractivity contribution in [1.82, 2.24) is 0 Å². The molecule has 0 aliphatic carbocycles. The van der Waals surface area contributed by atoms with Gasteiger partial charge in [0, 0.05) is 26.4 Å². The number of aliphatic hydroxyl groups excluding tert-OH is 1. The number of aliphatic hydroxyl groups is 1. The molecule has 0 aromatic rings. The van der Waals surface area contributed by atoms with Crippen molar-refractivity contribution in [1.29, 1.82) is 0 Å². The van der Waals surface area contributed by atoms with Crippen LogP contribution in [0, 0.1) is 0 Å². The molecule has 3 heteroatoms. The normalized spacial score (nSPS) is 20.5. The summed E-state index contributed by atoms with van der Waals surface area (Å²) in [6.07, 6.45) is 3.13. The Morgan fingerprint density at radius 3 is 2.73 bits per heavy atom. The zero-order valence-electron chi connectivity index (χ0n) is 6.79. The number of rotatable bonds is 4. The smallest absolute Gasteiger partial charge is 0.0619 e. The Morgan fingerprint density at radius 2 is 2.09 bits per heavy atom. The number of ether oxygens (including phenoxy) is 2. The average molecular weight is 160 g/mol. The van der Waals surface area contributed by atoms with Gasteiger partial charge in [0.1, 0.15) is 0 Å². The maximum Gasteiger partial charge on any atom is 0.0619 e. The minimum atomic E-state index is 0.225. The van der Waals surface area contributed by atoms with Crippen LogP contribution in [0.1, 0.15) is 19.3 Å². The molecule has 0 unspecified atom stereocenters. The number of hydrogen-bond donors (Lipinski definition) is 1. The summed E-state index contributed by atoms with van der Waals surface area (Å²) in [6, 6.07) is 0. The molecule has 1 aliphatic rings. The zero-order chi connectivity index (χ0) is 7.94. The second-order valence-electron chi connectivity index (χ2n) is 2.76. The highest BCUT2D eigenvalue weighted by Gasteiger charge is 2.12. The van der Waals surface area contributed by atoms with Gasteiger partial charge in [0.05, 0.1) is 6.10 Å². The van der Waals surface area contributed by atoms with E-state index in [-0.39, 0.29) is 6.61 Å². The molecule has 1 fully saturated rings. The van der Waals surface area contributed by atoms with Gasteiger partial charge >= 0.3 is 0 Å². The van der Waals surface area contributed by atoms with Crippen molar-refractivity contribution in [2.45, 2.75) is 25.4 Å². The third-order valence-corrected chi connectivity index (χ3v) is 1.82. The highest BCUT2D eigenvalue weighted by molar-refractivity contribution is 4.61. The third-order valence-electron chi connectivity index (χ3n) is 1.82. The van der Waals surface area contributed by atoms with E-state index in [4.69, 9.17) is 14.6 Å². The summed E-state index contributed by atoms with van der Waals surface area (Å²) in [6.45, 7) is 2.55. The predicted octanol–water partition coefficient (Wildman–Crippen LogP) is 0.564. The lowest BCUT2D eigenvalue weighted by molar-refractivity contribution is -0.0346. The summed E-state index contributed by atoms with van der Waals surface area (Å²) < 4.78 is 10.7. The van der Waals surface area contributed by atoms with Crippen molar-refractivity contribution >= 4 is 0 Å². The van der Waals surface area contributed by atoms with Gasteiger partial charge in [0.15, 0.2) is 0 Å². The summed E-state index contributed by atoms with van der Waals surface area (Å²) in [5.41, 5.74) is 0. The minimum Gasteiger partial charge on any atom is -0.396 e. The van der Waals surface area contributed by atoms with Crippen LogP contribution in [-0.4, -0.2) is 37.6 Å². The average Bonchev–Trinajstić information content (AvgIpc) is 2.07. The Labute approximate surface area is 67.3 Å². The Balaban J connectivity index is 1.96. The monoisotopic (exact) mass is 160 g/mol. The van der Waals surface area contributed by atoms with Crippen molar-refractivity contribution in [3.63, 3.8) is 0 Å². The van der Waals surface area contributed by atoms with Gasteiger partial charge in [-0.15, -0.1) is 0 Å². The first-order chi connectivity index (χ1) is 5.43. The highest BCUT2D eigenvalue weighted by atomic mass is 16.5. The van der Waals surface area contributed by atoms with Crippen molar-refractivity contribution in [2.24, 2.45) is 0 Å². The van der Waals surface area contributed by atoms with E-state index in [1.165, 1.54) is 0 Å². The molecule has 11 heavy (non-hydrogen) atoms. The fourth-order valence-electron chi connectivity index (χ4n) is 1.16. The van der Waals surface area contributed by atoms with E-state index in [2.05, 4.69) is 0 Å². The Kier molecular flexibility index (Phi) is 4.50. The van der Waals surface area contributed by atoms with Crippen LogP contribution in [0.15, 0.2) is 0 Å². The molecule has 1 rings (SSSR count). The van der Waals surface area contributed by atoms with Crippen molar-refractivity contribution in [3.8, 4) is 0 Å². The van der Waals surface area contributed by atoms with E-state index in [1.807, 2.05) is 0 Å². The van der Waals surface area contributed by atoms with Crippen LogP contribution in [0.5, 0.6) is 0 Å². The second kappa shape index (κ2) is 5.52. The molecule has 0 bridgehead atoms. The molecule has 0 atom stereocenters. The highest BCUT2D eigenvalue weighted by Crippen LogP contribution is 2.10. The molecule has 0 aromatic heterocycles. The summed E-state index contributed by atoms with van der Waals surface area (Å²) >= 11 is 0. The molecule has 66 valence electrons. The van der Waals surface area contributed by atoms with Crippen molar-refractivity contribution < 1.29 is 14.6 Å². The van der Waals surface area contributed by atoms with E-state index in [1.54, 1.807) is 0 Å². The molecule has 0 radical (unpaired) electrons. The fraction of sp³-hybridized carbons (Fsp3) is 1.00. The van der Waals surface area contributed by atoms with E-state index in [0.29, 0.717) is 12.7 Å². The molecule has 0 saturated carbocycles. The van der Waals surface area contributed by atoms with E-state index < -0.39 is 0 Å². The maximum absolute atomic E-state index is 8.49. The van der Waals surface area contributed by atoms with Crippen LogP contribution in [0.4, 0.5) is 0 Å². The largest absolute Gasteiger partial charge is 0.396 e. The van der Waals surface area contributed by atoms with E-state index in [9.17, 15) is 0 Å². The van der Waals surface area contributed by atoms with Crippen LogP contribution >= 0.6 is 0 Å². The van der Waals surface area contributed by atoms with Gasteiger partial charge < -0.3 is 14.6 Å². The quantitative estimate of drug-likeness (QED) is 0.611. The van der Waals surface area contributed by atoms with Gasteiger partial charge in [0.25, 0.3) is 0 Å². The van der Waals surface area contributed by atoms with Crippen molar-refractivity contribution in [3.05, 3.63) is 0 Å². The zero-order valence-corrected chi connectivity index (χ0v) is 6.79. The maximum atomic E-state index is 8.49. The Bertz CT molecular complexity index is 89.3. The van der Waals surface area contributed by atoms with Crippen LogP contribution < -0.4 is 0 Å². The number of hydrogen-bond acceptors (Lipinski definition) is 3. The minimum absolute atomic E-state index is 0.225. The molecule has 1 saturated heterocycles. The van der Waals surface area contributed by atoms with Gasteiger partial charge in [-0.2, -0.15) is 0 Å². The van der Waals surface area contributed by atoms with Crippen LogP contribution in [0.25, 0.3) is 0 Å². The summed E-state index contributed by atoms with van der Waals surface area (Å²) in [4.78, 5) is 0. The molecular weight excluding hydrogens is 144 g/mol. The summed E-state index contributed by atoms with van der Waals surface area (Å²) in [5.74, 6) is 0. The van der Waals surface area contributed by atoms with Gasteiger partial charge in [-0.05, 0) is 19.3 Å². The lowest BCUT2D eigenvalue weighted by Gasteiger charge is -2.22. The van der Waals surface area contributed by atoms with Crippen LogP contribution in [-0.2, 0) is 9.47 Å². The fourth-order valence-corrected chi connectivity index (χ4v) is 1.16. The van der Waals surface area contributed by atoms with Gasteiger partial charge in [-0.3, -0.25) is 0 Å². The third kappa shape index (κ3) is 3.70. The van der Waals surface area contributed by atoms with Crippen LogP contribution in [0.3, 0.4) is 0 Å².